The van der Waals surface area contributed by atoms with Gasteiger partial charge in [0.25, 0.3) is 17.7 Å². The molecule has 3 aromatic rings. The van der Waals surface area contributed by atoms with Crippen molar-refractivity contribution in [3.05, 3.63) is 88.0 Å². The van der Waals surface area contributed by atoms with E-state index in [2.05, 4.69) is 10.6 Å². The molecule has 0 saturated carbocycles. The van der Waals surface area contributed by atoms with Crippen molar-refractivity contribution in [1.82, 2.24) is 0 Å². The Hall–Kier alpha value is -4.01. The molecule has 3 aromatic carbocycles. The van der Waals surface area contributed by atoms with Gasteiger partial charge in [0, 0.05) is 22.3 Å². The maximum atomic E-state index is 12.9. The van der Waals surface area contributed by atoms with Crippen LogP contribution in [0.4, 0.5) is 17.1 Å². The van der Waals surface area contributed by atoms with Gasteiger partial charge in [0.1, 0.15) is 22.2 Å². The van der Waals surface area contributed by atoms with Gasteiger partial charge in [-0.3, -0.25) is 14.4 Å². The molecule has 0 saturated heterocycles. The summed E-state index contributed by atoms with van der Waals surface area (Å²) in [5, 5.41) is 5.78. The predicted octanol–water partition coefficient (Wildman–Crippen LogP) is 5.05. The Morgan fingerprint density at radius 3 is 2.29 bits per heavy atom. The fourth-order valence-corrected chi connectivity index (χ4v) is 3.80. The maximum absolute atomic E-state index is 12.9. The summed E-state index contributed by atoms with van der Waals surface area (Å²) in [7, 11) is 3.03. The van der Waals surface area contributed by atoms with Gasteiger partial charge in [0.05, 0.1) is 25.6 Å². The van der Waals surface area contributed by atoms with E-state index in [-0.39, 0.29) is 16.6 Å². The molecule has 1 heterocycles. The van der Waals surface area contributed by atoms with Gasteiger partial charge in [0.15, 0.2) is 0 Å². The number of nitrogens with one attached hydrogen (secondary N) is 2. The highest BCUT2D eigenvalue weighted by Crippen LogP contribution is 2.32. The number of methoxy groups -OCH3 is 2. The molecular formula is C25H19Cl2N3O5. The second-order valence-electron chi connectivity index (χ2n) is 7.34. The summed E-state index contributed by atoms with van der Waals surface area (Å²) in [5.74, 6) is -0.596. The van der Waals surface area contributed by atoms with Gasteiger partial charge in [-0.1, -0.05) is 29.3 Å². The summed E-state index contributed by atoms with van der Waals surface area (Å²) in [5.41, 5.74) is 1.54. The molecule has 2 N–H and O–H groups in total. The molecule has 0 aliphatic carbocycles. The lowest BCUT2D eigenvalue weighted by Crippen LogP contribution is -2.32. The van der Waals surface area contributed by atoms with Crippen LogP contribution >= 0.6 is 23.2 Å². The van der Waals surface area contributed by atoms with E-state index < -0.39 is 11.8 Å². The molecule has 1 aliphatic rings. The van der Waals surface area contributed by atoms with Gasteiger partial charge < -0.3 is 20.1 Å². The average Bonchev–Trinajstić information content (AvgIpc) is 3.07. The summed E-state index contributed by atoms with van der Waals surface area (Å²) in [6.45, 7) is 0. The third-order valence-electron chi connectivity index (χ3n) is 5.17. The lowest BCUT2D eigenvalue weighted by molar-refractivity contribution is -0.120. The molecule has 0 atom stereocenters. The molecule has 178 valence electrons. The summed E-state index contributed by atoms with van der Waals surface area (Å²) in [4.78, 5) is 39.1. The zero-order chi connectivity index (χ0) is 25.1. The first-order valence-corrected chi connectivity index (χ1v) is 11.0. The largest absolute Gasteiger partial charge is 0.497 e. The Balaban J connectivity index is 1.48. The third-order valence-corrected chi connectivity index (χ3v) is 5.75. The molecule has 0 radical (unpaired) electrons. The van der Waals surface area contributed by atoms with Gasteiger partial charge in [-0.15, -0.1) is 0 Å². The molecule has 0 bridgehead atoms. The fourth-order valence-electron chi connectivity index (χ4n) is 3.41. The normalized spacial score (nSPS) is 13.2. The Morgan fingerprint density at radius 1 is 0.886 bits per heavy atom. The number of carbonyl (C=O) groups is 3. The number of benzene rings is 3. The number of amides is 3. The van der Waals surface area contributed by atoms with Crippen molar-refractivity contribution in [3.63, 3.8) is 0 Å². The van der Waals surface area contributed by atoms with Crippen molar-refractivity contribution in [2.45, 2.75) is 0 Å². The number of nitrogens with zero attached hydrogens (tertiary/aromatic N) is 1. The smallest absolute Gasteiger partial charge is 0.283 e. The van der Waals surface area contributed by atoms with Crippen LogP contribution in [0.15, 0.2) is 77.5 Å². The molecule has 1 aliphatic heterocycles. The van der Waals surface area contributed by atoms with E-state index in [4.69, 9.17) is 32.7 Å². The van der Waals surface area contributed by atoms with Crippen molar-refractivity contribution >= 4 is 58.0 Å². The Labute approximate surface area is 211 Å². The van der Waals surface area contributed by atoms with E-state index in [0.29, 0.717) is 39.1 Å². The van der Waals surface area contributed by atoms with E-state index in [1.165, 1.54) is 20.3 Å². The van der Waals surface area contributed by atoms with E-state index >= 15 is 0 Å². The standard InChI is InChI=1S/C25H19Cl2N3O5/c1-34-18-10-11-19(20(13-18)35-2)29-23(31)14-6-8-16(9-7-14)28-22-21(27)24(32)30(25(22)33)17-5-3-4-15(26)12-17/h3-13,28H,1-2H3,(H,29,31). The summed E-state index contributed by atoms with van der Waals surface area (Å²) < 4.78 is 10.5. The minimum absolute atomic E-state index is 0.0724. The Morgan fingerprint density at radius 2 is 1.63 bits per heavy atom. The minimum Gasteiger partial charge on any atom is -0.497 e. The molecule has 35 heavy (non-hydrogen) atoms. The summed E-state index contributed by atoms with van der Waals surface area (Å²) in [6, 6.07) is 17.7. The Kier molecular flexibility index (Phi) is 6.95. The first kappa shape index (κ1) is 24.1. The number of anilines is 3. The van der Waals surface area contributed by atoms with Crippen LogP contribution in [0.2, 0.25) is 5.02 Å². The van der Waals surface area contributed by atoms with E-state index in [9.17, 15) is 14.4 Å². The van der Waals surface area contributed by atoms with Crippen LogP contribution in [-0.2, 0) is 9.59 Å². The number of hydrogen-bond donors (Lipinski definition) is 2. The molecule has 10 heteroatoms. The van der Waals surface area contributed by atoms with Gasteiger partial charge in [-0.05, 0) is 54.6 Å². The number of hydrogen-bond acceptors (Lipinski definition) is 6. The van der Waals surface area contributed by atoms with Crippen molar-refractivity contribution in [1.29, 1.82) is 0 Å². The number of rotatable bonds is 7. The van der Waals surface area contributed by atoms with Crippen molar-refractivity contribution < 1.29 is 23.9 Å². The zero-order valence-electron chi connectivity index (χ0n) is 18.6. The molecule has 0 fully saturated rings. The highest BCUT2D eigenvalue weighted by Gasteiger charge is 2.39. The van der Waals surface area contributed by atoms with Crippen LogP contribution in [0.1, 0.15) is 10.4 Å². The second-order valence-corrected chi connectivity index (χ2v) is 8.15. The summed E-state index contributed by atoms with van der Waals surface area (Å²) in [6.07, 6.45) is 0. The minimum atomic E-state index is -0.661. The average molecular weight is 512 g/mol. The number of ether oxygens (including phenoxy) is 2. The van der Waals surface area contributed by atoms with Crippen LogP contribution in [0.25, 0.3) is 0 Å². The van der Waals surface area contributed by atoms with Gasteiger partial charge in [-0.2, -0.15) is 0 Å². The third kappa shape index (κ3) is 4.94. The van der Waals surface area contributed by atoms with Gasteiger partial charge in [0.2, 0.25) is 0 Å². The fraction of sp³-hybridized carbons (Fsp3) is 0.0800. The number of carbonyl (C=O) groups excluding carboxylic acids is 3. The molecule has 4 rings (SSSR count). The van der Waals surface area contributed by atoms with Crippen LogP contribution in [0.5, 0.6) is 11.5 Å². The zero-order valence-corrected chi connectivity index (χ0v) is 20.1. The first-order chi connectivity index (χ1) is 16.8. The lowest BCUT2D eigenvalue weighted by Gasteiger charge is -2.15. The quantitative estimate of drug-likeness (QED) is 0.431. The SMILES string of the molecule is COc1ccc(NC(=O)c2ccc(NC3=C(Cl)C(=O)N(c4cccc(Cl)c4)C3=O)cc2)c(OC)c1. The molecular weight excluding hydrogens is 493 g/mol. The van der Waals surface area contributed by atoms with Crippen molar-refractivity contribution in [3.8, 4) is 11.5 Å². The second kappa shape index (κ2) is 10.1. The van der Waals surface area contributed by atoms with Gasteiger partial charge >= 0.3 is 0 Å². The molecule has 0 aromatic heterocycles. The van der Waals surface area contributed by atoms with Crippen LogP contribution < -0.4 is 25.0 Å². The molecule has 3 amide bonds. The molecule has 8 nitrogen and oxygen atoms in total. The lowest BCUT2D eigenvalue weighted by atomic mass is 10.1. The highest BCUT2D eigenvalue weighted by atomic mass is 35.5. The molecule has 0 spiro atoms. The first-order valence-electron chi connectivity index (χ1n) is 10.3. The van der Waals surface area contributed by atoms with E-state index in [0.717, 1.165) is 4.90 Å². The van der Waals surface area contributed by atoms with E-state index in [1.54, 1.807) is 60.7 Å². The number of imide groups is 1. The monoisotopic (exact) mass is 511 g/mol. The highest BCUT2D eigenvalue weighted by molar-refractivity contribution is 6.53. The van der Waals surface area contributed by atoms with Crippen LogP contribution in [0, 0.1) is 0 Å². The summed E-state index contributed by atoms with van der Waals surface area (Å²) >= 11 is 12.2. The van der Waals surface area contributed by atoms with Crippen molar-refractivity contribution in [2.24, 2.45) is 0 Å². The molecule has 0 unspecified atom stereocenters. The Bertz CT molecular complexity index is 1360. The van der Waals surface area contributed by atoms with Gasteiger partial charge in [-0.25, -0.2) is 4.90 Å². The van der Waals surface area contributed by atoms with Crippen LogP contribution in [-0.4, -0.2) is 31.9 Å². The van der Waals surface area contributed by atoms with E-state index in [1.807, 2.05) is 0 Å². The maximum Gasteiger partial charge on any atom is 0.283 e. The van der Waals surface area contributed by atoms with Crippen molar-refractivity contribution in [2.75, 3.05) is 29.8 Å². The number of halogens is 2. The topological polar surface area (TPSA) is 97.0 Å². The van der Waals surface area contributed by atoms with Crippen LogP contribution in [0.3, 0.4) is 0 Å². The predicted molar refractivity (Wildman–Crippen MR) is 134 cm³/mol.